The maximum absolute atomic E-state index is 13.1. The molecule has 0 bridgehead atoms. The van der Waals surface area contributed by atoms with Gasteiger partial charge in [0.15, 0.2) is 0 Å². The number of nitrogens with one attached hydrogen (secondary N) is 2. The van der Waals surface area contributed by atoms with E-state index in [1.54, 1.807) is 35.2 Å². The van der Waals surface area contributed by atoms with Crippen LogP contribution in [0.3, 0.4) is 0 Å². The number of nitrogens with zero attached hydrogens (tertiary/aromatic N) is 1. The number of rotatable bonds is 2. The summed E-state index contributed by atoms with van der Waals surface area (Å²) in [4.78, 5) is 40.0. The molecule has 0 aliphatic carbocycles. The fourth-order valence-corrected chi connectivity index (χ4v) is 3.33. The van der Waals surface area contributed by atoms with Crippen molar-refractivity contribution in [3.63, 3.8) is 0 Å². The van der Waals surface area contributed by atoms with Gasteiger partial charge in [-0.25, -0.2) is 0 Å². The van der Waals surface area contributed by atoms with Gasteiger partial charge in [-0.05, 0) is 30.7 Å². The zero-order valence-corrected chi connectivity index (χ0v) is 14.7. The molecule has 6 heteroatoms. The molecule has 0 spiro atoms. The van der Waals surface area contributed by atoms with E-state index in [4.69, 9.17) is 0 Å². The standard InChI is InChI=1S/C21H17N3O3/c1-2-24-16-11-7-6-10-14(16)19(25)17(21(24)27)18-15(20(26)23-22-18)12-13-8-4-3-5-9-13/h3-12,22H,2H2,1H3,(H,23,26)/b15-12-,18-17+. The molecule has 6 nitrogen and oxygen atoms in total. The van der Waals surface area contributed by atoms with Crippen molar-refractivity contribution in [1.82, 2.24) is 10.2 Å². The third kappa shape index (κ3) is 2.71. The third-order valence-electron chi connectivity index (χ3n) is 4.62. The number of aromatic amines is 2. The molecule has 0 fully saturated rings. The molecule has 27 heavy (non-hydrogen) atoms. The second-order valence-corrected chi connectivity index (χ2v) is 6.19. The first-order chi connectivity index (χ1) is 13.1. The molecular weight excluding hydrogens is 342 g/mol. The number of hydrogen-bond donors (Lipinski definition) is 2. The second kappa shape index (κ2) is 6.57. The fourth-order valence-electron chi connectivity index (χ4n) is 3.33. The minimum atomic E-state index is -0.417. The molecule has 2 N–H and O–H groups in total. The minimum absolute atomic E-state index is 0.0314. The Morgan fingerprint density at radius 2 is 1.63 bits per heavy atom. The van der Waals surface area contributed by atoms with Crippen molar-refractivity contribution in [2.45, 2.75) is 6.92 Å². The first-order valence-corrected chi connectivity index (χ1v) is 8.65. The van der Waals surface area contributed by atoms with Crippen LogP contribution >= 0.6 is 0 Å². The van der Waals surface area contributed by atoms with E-state index in [1.165, 1.54) is 0 Å². The number of H-pyrrole nitrogens is 2. The predicted octanol–water partition coefficient (Wildman–Crippen LogP) is 0.932. The van der Waals surface area contributed by atoms with E-state index in [0.717, 1.165) is 5.56 Å². The smallest absolute Gasteiger partial charge is 0.271 e. The van der Waals surface area contributed by atoms with E-state index < -0.39 is 11.7 Å². The zero-order valence-electron chi connectivity index (χ0n) is 14.7. The van der Waals surface area contributed by atoms with Crippen LogP contribution < -0.4 is 21.0 Å². The molecule has 0 radical (unpaired) electrons. The topological polar surface area (TPSA) is 86.0 Å². The van der Waals surface area contributed by atoms with Crippen LogP contribution in [0.4, 0.5) is 5.69 Å². The number of ketones is 1. The quantitative estimate of drug-likeness (QED) is 0.714. The number of fused-ring (bicyclic) bond motifs is 1. The van der Waals surface area contributed by atoms with Crippen LogP contribution in [0.2, 0.25) is 0 Å². The van der Waals surface area contributed by atoms with Gasteiger partial charge >= 0.3 is 0 Å². The molecule has 0 atom stereocenters. The average Bonchev–Trinajstić information content (AvgIpc) is 3.04. The molecule has 4 rings (SSSR count). The van der Waals surface area contributed by atoms with Crippen molar-refractivity contribution in [2.24, 2.45) is 0 Å². The van der Waals surface area contributed by atoms with Gasteiger partial charge in [-0.3, -0.25) is 24.6 Å². The number of benzene rings is 2. The van der Waals surface area contributed by atoms with Gasteiger partial charge in [0.2, 0.25) is 5.78 Å². The van der Waals surface area contributed by atoms with E-state index in [-0.39, 0.29) is 21.7 Å². The summed E-state index contributed by atoms with van der Waals surface area (Å²) in [6.07, 6.45) is 1.66. The lowest BCUT2D eigenvalue weighted by atomic mass is 9.94. The number of carbonyl (C=O) groups excluding carboxylic acids is 2. The molecule has 1 aliphatic heterocycles. The predicted molar refractivity (Wildman–Crippen MR) is 103 cm³/mol. The fraction of sp³-hybridized carbons (Fsp3) is 0.0952. The maximum Gasteiger partial charge on any atom is 0.271 e. The van der Waals surface area contributed by atoms with Crippen LogP contribution in [0, 0.1) is 0 Å². The summed E-state index contributed by atoms with van der Waals surface area (Å²) in [5.41, 5.74) is 1.42. The van der Waals surface area contributed by atoms with Crippen LogP contribution in [0.5, 0.6) is 0 Å². The molecule has 0 saturated heterocycles. The third-order valence-corrected chi connectivity index (χ3v) is 4.62. The van der Waals surface area contributed by atoms with Crippen LogP contribution in [0.15, 0.2) is 59.4 Å². The SMILES string of the molecule is CCN1C(=O)/C(=c2/[nH][nH]c(=O)/c2=C\c2ccccc2)C(=O)c2ccccc21. The Hall–Kier alpha value is -3.67. The average molecular weight is 359 g/mol. The Morgan fingerprint density at radius 3 is 2.37 bits per heavy atom. The van der Waals surface area contributed by atoms with Crippen molar-refractivity contribution < 1.29 is 9.59 Å². The number of aromatic nitrogens is 2. The van der Waals surface area contributed by atoms with Gasteiger partial charge in [-0.1, -0.05) is 42.5 Å². The summed E-state index contributed by atoms with van der Waals surface area (Å²) < 4.78 is 0. The van der Waals surface area contributed by atoms with Crippen LogP contribution in [0.25, 0.3) is 11.6 Å². The largest absolute Gasteiger partial charge is 0.308 e. The Morgan fingerprint density at radius 1 is 0.926 bits per heavy atom. The summed E-state index contributed by atoms with van der Waals surface area (Å²) >= 11 is 0. The van der Waals surface area contributed by atoms with E-state index in [9.17, 15) is 14.4 Å². The van der Waals surface area contributed by atoms with Crippen LogP contribution in [0.1, 0.15) is 22.8 Å². The van der Waals surface area contributed by atoms with E-state index in [2.05, 4.69) is 10.2 Å². The lowest BCUT2D eigenvalue weighted by Crippen LogP contribution is -2.45. The number of amides is 1. The van der Waals surface area contributed by atoms with Gasteiger partial charge in [0.1, 0.15) is 5.57 Å². The summed E-state index contributed by atoms with van der Waals surface area (Å²) in [6, 6.07) is 16.3. The number of hydrogen-bond acceptors (Lipinski definition) is 3. The lowest BCUT2D eigenvalue weighted by Gasteiger charge is -2.28. The highest BCUT2D eigenvalue weighted by atomic mass is 16.2. The van der Waals surface area contributed by atoms with Gasteiger partial charge < -0.3 is 4.90 Å². The lowest BCUT2D eigenvalue weighted by molar-refractivity contribution is -0.113. The number of anilines is 1. The molecule has 3 aromatic rings. The van der Waals surface area contributed by atoms with Crippen molar-refractivity contribution in [2.75, 3.05) is 11.4 Å². The summed E-state index contributed by atoms with van der Waals surface area (Å²) in [5.74, 6) is -0.808. The van der Waals surface area contributed by atoms with Gasteiger partial charge in [-0.15, -0.1) is 0 Å². The Labute approximate surface area is 154 Å². The normalized spacial score (nSPS) is 16.6. The molecular formula is C21H17N3O3. The van der Waals surface area contributed by atoms with Gasteiger partial charge in [0.25, 0.3) is 11.5 Å². The van der Waals surface area contributed by atoms with Crippen LogP contribution in [-0.4, -0.2) is 28.4 Å². The Kier molecular flexibility index (Phi) is 4.08. The number of carbonyl (C=O) groups is 2. The van der Waals surface area contributed by atoms with E-state index in [1.807, 2.05) is 37.3 Å². The number of para-hydroxylation sites is 1. The summed E-state index contributed by atoms with van der Waals surface area (Å²) in [6.45, 7) is 2.26. The van der Waals surface area contributed by atoms with Crippen molar-refractivity contribution >= 4 is 29.0 Å². The highest BCUT2D eigenvalue weighted by Gasteiger charge is 2.34. The molecule has 0 unspecified atom stereocenters. The summed E-state index contributed by atoms with van der Waals surface area (Å²) in [7, 11) is 0. The van der Waals surface area contributed by atoms with Gasteiger partial charge in [0, 0.05) is 12.1 Å². The molecule has 1 amide bonds. The molecule has 134 valence electrons. The Bertz CT molecular complexity index is 1220. The van der Waals surface area contributed by atoms with Crippen molar-refractivity contribution in [3.8, 4) is 0 Å². The zero-order chi connectivity index (χ0) is 19.0. The van der Waals surface area contributed by atoms with Crippen molar-refractivity contribution in [1.29, 1.82) is 0 Å². The van der Waals surface area contributed by atoms with E-state index in [0.29, 0.717) is 17.8 Å². The first kappa shape index (κ1) is 16.8. The summed E-state index contributed by atoms with van der Waals surface area (Å²) in [5, 5.41) is 5.70. The highest BCUT2D eigenvalue weighted by molar-refractivity contribution is 6.51. The molecule has 1 aromatic heterocycles. The van der Waals surface area contributed by atoms with Gasteiger partial charge in [-0.2, -0.15) is 0 Å². The highest BCUT2D eigenvalue weighted by Crippen LogP contribution is 2.29. The van der Waals surface area contributed by atoms with Crippen molar-refractivity contribution in [3.05, 3.63) is 86.6 Å². The molecule has 2 heterocycles. The minimum Gasteiger partial charge on any atom is -0.308 e. The second-order valence-electron chi connectivity index (χ2n) is 6.19. The molecule has 2 aromatic carbocycles. The molecule has 0 saturated carbocycles. The number of Topliss-reactive ketones (excluding diaryl/α,β-unsaturated/α-hetero) is 1. The van der Waals surface area contributed by atoms with Gasteiger partial charge in [0.05, 0.1) is 16.3 Å². The molecule has 1 aliphatic rings. The maximum atomic E-state index is 13.1. The monoisotopic (exact) mass is 359 g/mol. The van der Waals surface area contributed by atoms with E-state index >= 15 is 0 Å². The first-order valence-electron chi connectivity index (χ1n) is 8.65. The van der Waals surface area contributed by atoms with Crippen LogP contribution in [-0.2, 0) is 4.79 Å². The Balaban J connectivity index is 2.06.